The zero-order chi connectivity index (χ0) is 16.9. The van der Waals surface area contributed by atoms with Gasteiger partial charge in [-0.05, 0) is 48.7 Å². The summed E-state index contributed by atoms with van der Waals surface area (Å²) in [5.74, 6) is 1.13. The lowest BCUT2D eigenvalue weighted by atomic mass is 10.0. The van der Waals surface area contributed by atoms with Gasteiger partial charge in [0.2, 0.25) is 5.91 Å². The van der Waals surface area contributed by atoms with Crippen molar-refractivity contribution in [1.29, 1.82) is 0 Å². The zero-order valence-corrected chi connectivity index (χ0v) is 13.8. The van der Waals surface area contributed by atoms with Gasteiger partial charge < -0.3 is 9.88 Å². The molecule has 0 spiro atoms. The topological polar surface area (TPSA) is 75.6 Å². The predicted octanol–water partition coefficient (Wildman–Crippen LogP) is 3.50. The van der Waals surface area contributed by atoms with Gasteiger partial charge in [-0.1, -0.05) is 13.8 Å². The molecule has 0 aliphatic carbocycles. The van der Waals surface area contributed by atoms with Crippen LogP contribution in [0.1, 0.15) is 26.3 Å². The smallest absolute Gasteiger partial charge is 0.247 e. The Morgan fingerprint density at radius 1 is 1.21 bits per heavy atom. The highest BCUT2D eigenvalue weighted by Gasteiger charge is 2.21. The minimum atomic E-state index is -0.214. The van der Waals surface area contributed by atoms with Crippen LogP contribution in [0.5, 0.6) is 0 Å². The van der Waals surface area contributed by atoms with Crippen LogP contribution in [0.2, 0.25) is 0 Å². The molecule has 6 nitrogen and oxygen atoms in total. The average Bonchev–Trinajstić information content (AvgIpc) is 3.26. The van der Waals surface area contributed by atoms with E-state index >= 15 is 0 Å². The molecule has 1 amide bonds. The third-order valence-electron chi connectivity index (χ3n) is 3.83. The number of nitrogens with zero attached hydrogens (tertiary/aromatic N) is 3. The maximum Gasteiger partial charge on any atom is 0.247 e. The van der Waals surface area contributed by atoms with Gasteiger partial charge in [0, 0.05) is 23.6 Å². The van der Waals surface area contributed by atoms with Crippen LogP contribution < -0.4 is 5.32 Å². The number of nitrogens with one attached hydrogen (secondary N) is 2. The molecule has 124 valence electrons. The van der Waals surface area contributed by atoms with Gasteiger partial charge in [-0.15, -0.1) is 0 Å². The Kier molecular flexibility index (Phi) is 4.74. The molecule has 24 heavy (non-hydrogen) atoms. The van der Waals surface area contributed by atoms with Crippen molar-refractivity contribution in [2.75, 3.05) is 5.32 Å². The first-order chi connectivity index (χ1) is 11.6. The third-order valence-corrected chi connectivity index (χ3v) is 3.83. The normalized spacial score (nSPS) is 12.3. The quantitative estimate of drug-likeness (QED) is 0.729. The first-order valence-corrected chi connectivity index (χ1v) is 8.02. The fourth-order valence-electron chi connectivity index (χ4n) is 2.65. The van der Waals surface area contributed by atoms with Gasteiger partial charge in [-0.2, -0.15) is 5.10 Å². The SMILES string of the molecule is CC(C)CC(C(=O)Nc1ccc(-c2ncn[nH]2)cc1)n1cccc1. The lowest BCUT2D eigenvalue weighted by Gasteiger charge is -2.20. The highest BCUT2D eigenvalue weighted by molar-refractivity contribution is 5.93. The number of H-pyrrole nitrogens is 1. The number of amides is 1. The van der Waals surface area contributed by atoms with Gasteiger partial charge in [0.15, 0.2) is 5.82 Å². The van der Waals surface area contributed by atoms with Crippen molar-refractivity contribution in [3.05, 3.63) is 55.1 Å². The van der Waals surface area contributed by atoms with E-state index in [0.717, 1.165) is 17.7 Å². The highest BCUT2D eigenvalue weighted by Crippen LogP contribution is 2.22. The summed E-state index contributed by atoms with van der Waals surface area (Å²) in [5.41, 5.74) is 1.69. The van der Waals surface area contributed by atoms with Crippen molar-refractivity contribution in [3.63, 3.8) is 0 Å². The van der Waals surface area contributed by atoms with Crippen molar-refractivity contribution in [3.8, 4) is 11.4 Å². The number of rotatable bonds is 6. The Hall–Kier alpha value is -2.89. The van der Waals surface area contributed by atoms with Crippen LogP contribution in [-0.2, 0) is 4.79 Å². The Bertz CT molecular complexity index is 760. The van der Waals surface area contributed by atoms with E-state index in [1.807, 2.05) is 53.4 Å². The largest absolute Gasteiger partial charge is 0.342 e. The second-order valence-corrected chi connectivity index (χ2v) is 6.18. The molecular formula is C18H21N5O. The van der Waals surface area contributed by atoms with E-state index in [0.29, 0.717) is 11.7 Å². The fraction of sp³-hybridized carbons (Fsp3) is 0.278. The molecule has 0 bridgehead atoms. The number of carbonyl (C=O) groups is 1. The minimum absolute atomic E-state index is 0.00712. The van der Waals surface area contributed by atoms with E-state index in [2.05, 4.69) is 34.3 Å². The number of hydrogen-bond acceptors (Lipinski definition) is 3. The third kappa shape index (κ3) is 3.71. The molecule has 0 saturated heterocycles. The second kappa shape index (κ2) is 7.12. The van der Waals surface area contributed by atoms with Crippen molar-refractivity contribution < 1.29 is 4.79 Å². The summed E-state index contributed by atoms with van der Waals surface area (Å²) in [6.07, 6.45) is 6.12. The number of benzene rings is 1. The summed E-state index contributed by atoms with van der Waals surface area (Å²) >= 11 is 0. The summed E-state index contributed by atoms with van der Waals surface area (Å²) in [6, 6.07) is 11.2. The van der Waals surface area contributed by atoms with E-state index in [9.17, 15) is 4.79 Å². The first-order valence-electron chi connectivity index (χ1n) is 8.02. The molecule has 6 heteroatoms. The molecule has 0 saturated carbocycles. The number of carbonyl (C=O) groups excluding carboxylic acids is 1. The predicted molar refractivity (Wildman–Crippen MR) is 93.4 cm³/mol. The molecule has 1 aromatic carbocycles. The lowest BCUT2D eigenvalue weighted by molar-refractivity contribution is -0.119. The molecule has 0 fully saturated rings. The van der Waals surface area contributed by atoms with Gasteiger partial charge in [-0.3, -0.25) is 9.89 Å². The van der Waals surface area contributed by atoms with Gasteiger partial charge in [0.25, 0.3) is 0 Å². The van der Waals surface area contributed by atoms with Crippen LogP contribution in [0.3, 0.4) is 0 Å². The summed E-state index contributed by atoms with van der Waals surface area (Å²) in [4.78, 5) is 16.8. The fourth-order valence-corrected chi connectivity index (χ4v) is 2.65. The standard InChI is InChI=1S/C18H21N5O/c1-13(2)11-16(23-9-3-4-10-23)18(24)21-15-7-5-14(6-8-15)17-19-12-20-22-17/h3-10,12-13,16H,11H2,1-2H3,(H,21,24)(H,19,20,22). The molecule has 1 unspecified atom stereocenters. The van der Waals surface area contributed by atoms with Crippen molar-refractivity contribution in [2.45, 2.75) is 26.3 Å². The van der Waals surface area contributed by atoms with Crippen LogP contribution in [-0.4, -0.2) is 25.7 Å². The van der Waals surface area contributed by atoms with Crippen molar-refractivity contribution in [2.24, 2.45) is 5.92 Å². The molecule has 2 heterocycles. The molecule has 3 aromatic rings. The molecule has 0 aliphatic heterocycles. The monoisotopic (exact) mass is 323 g/mol. The Morgan fingerprint density at radius 3 is 2.50 bits per heavy atom. The first kappa shape index (κ1) is 16.0. The molecule has 2 aromatic heterocycles. The number of anilines is 1. The summed E-state index contributed by atoms with van der Waals surface area (Å²) in [6.45, 7) is 4.24. The lowest BCUT2D eigenvalue weighted by Crippen LogP contribution is -2.26. The number of aromatic amines is 1. The summed E-state index contributed by atoms with van der Waals surface area (Å²) in [5, 5.41) is 9.66. The van der Waals surface area contributed by atoms with Crippen LogP contribution in [0, 0.1) is 5.92 Å². The van der Waals surface area contributed by atoms with Gasteiger partial charge in [0.1, 0.15) is 12.4 Å². The van der Waals surface area contributed by atoms with Crippen LogP contribution >= 0.6 is 0 Å². The second-order valence-electron chi connectivity index (χ2n) is 6.18. The Balaban J connectivity index is 1.72. The molecular weight excluding hydrogens is 302 g/mol. The number of hydrogen-bond donors (Lipinski definition) is 2. The van der Waals surface area contributed by atoms with Crippen molar-refractivity contribution in [1.82, 2.24) is 19.7 Å². The van der Waals surface area contributed by atoms with Crippen LogP contribution in [0.25, 0.3) is 11.4 Å². The van der Waals surface area contributed by atoms with E-state index in [-0.39, 0.29) is 11.9 Å². The van der Waals surface area contributed by atoms with E-state index in [4.69, 9.17) is 0 Å². The maximum absolute atomic E-state index is 12.7. The summed E-state index contributed by atoms with van der Waals surface area (Å²) in [7, 11) is 0. The van der Waals surface area contributed by atoms with Crippen LogP contribution in [0.15, 0.2) is 55.1 Å². The molecule has 3 rings (SSSR count). The number of aromatic nitrogens is 4. The molecule has 0 aliphatic rings. The highest BCUT2D eigenvalue weighted by atomic mass is 16.2. The molecule has 0 radical (unpaired) electrons. The Labute approximate surface area is 140 Å². The molecule has 2 N–H and O–H groups in total. The van der Waals surface area contributed by atoms with Gasteiger partial charge in [0.05, 0.1) is 0 Å². The van der Waals surface area contributed by atoms with Crippen LogP contribution in [0.4, 0.5) is 5.69 Å². The van der Waals surface area contributed by atoms with Gasteiger partial charge in [-0.25, -0.2) is 4.98 Å². The minimum Gasteiger partial charge on any atom is -0.342 e. The molecule has 1 atom stereocenters. The van der Waals surface area contributed by atoms with Gasteiger partial charge >= 0.3 is 0 Å². The van der Waals surface area contributed by atoms with E-state index in [1.165, 1.54) is 6.33 Å². The van der Waals surface area contributed by atoms with E-state index in [1.54, 1.807) is 0 Å². The summed E-state index contributed by atoms with van der Waals surface area (Å²) < 4.78 is 1.96. The maximum atomic E-state index is 12.7. The average molecular weight is 323 g/mol. The van der Waals surface area contributed by atoms with E-state index < -0.39 is 0 Å². The zero-order valence-electron chi connectivity index (χ0n) is 13.8. The Morgan fingerprint density at radius 2 is 1.92 bits per heavy atom. The van der Waals surface area contributed by atoms with Crippen molar-refractivity contribution >= 4 is 11.6 Å².